The van der Waals surface area contributed by atoms with Gasteiger partial charge in [-0.1, -0.05) is 29.8 Å². The standard InChI is InChI=1S/C13H17NO/c1-10-5-7-12(8-6-10)11(2)14-9-3-4-13(14)15/h5-8,11H,3-4,9H2,1-2H3. The molecule has 1 atom stereocenters. The summed E-state index contributed by atoms with van der Waals surface area (Å²) in [5, 5.41) is 0. The fourth-order valence-electron chi connectivity index (χ4n) is 2.10. The van der Waals surface area contributed by atoms with Gasteiger partial charge in [-0.3, -0.25) is 4.79 Å². The molecule has 1 fully saturated rings. The molecule has 1 heterocycles. The van der Waals surface area contributed by atoms with Crippen LogP contribution in [0.1, 0.15) is 36.9 Å². The van der Waals surface area contributed by atoms with Gasteiger partial charge in [0.15, 0.2) is 0 Å². The van der Waals surface area contributed by atoms with E-state index in [4.69, 9.17) is 0 Å². The van der Waals surface area contributed by atoms with Crippen molar-refractivity contribution in [3.05, 3.63) is 35.4 Å². The van der Waals surface area contributed by atoms with Gasteiger partial charge in [-0.25, -0.2) is 0 Å². The fourth-order valence-corrected chi connectivity index (χ4v) is 2.10. The summed E-state index contributed by atoms with van der Waals surface area (Å²) in [6, 6.07) is 8.66. The molecule has 1 aromatic rings. The summed E-state index contributed by atoms with van der Waals surface area (Å²) in [4.78, 5) is 13.6. The molecule has 1 aliphatic rings. The highest BCUT2D eigenvalue weighted by molar-refractivity contribution is 5.78. The number of hydrogen-bond donors (Lipinski definition) is 0. The highest BCUT2D eigenvalue weighted by atomic mass is 16.2. The molecular weight excluding hydrogens is 186 g/mol. The molecule has 0 N–H and O–H groups in total. The van der Waals surface area contributed by atoms with E-state index in [1.54, 1.807) is 0 Å². The number of benzene rings is 1. The Balaban J connectivity index is 2.16. The van der Waals surface area contributed by atoms with Crippen molar-refractivity contribution in [1.29, 1.82) is 0 Å². The molecule has 0 bridgehead atoms. The van der Waals surface area contributed by atoms with Crippen molar-refractivity contribution in [2.45, 2.75) is 32.7 Å². The second-order valence-corrected chi connectivity index (χ2v) is 4.28. The Bertz CT molecular complexity index is 355. The van der Waals surface area contributed by atoms with Gasteiger partial charge in [0.2, 0.25) is 5.91 Å². The number of likely N-dealkylation sites (tertiary alicyclic amines) is 1. The highest BCUT2D eigenvalue weighted by Crippen LogP contribution is 2.25. The van der Waals surface area contributed by atoms with Crippen LogP contribution in [0.4, 0.5) is 0 Å². The van der Waals surface area contributed by atoms with Crippen molar-refractivity contribution in [3.8, 4) is 0 Å². The molecular formula is C13H17NO. The Labute approximate surface area is 90.9 Å². The predicted octanol–water partition coefficient (Wildman–Crippen LogP) is 2.68. The van der Waals surface area contributed by atoms with Crippen LogP contribution < -0.4 is 0 Å². The first-order valence-electron chi connectivity index (χ1n) is 5.54. The minimum absolute atomic E-state index is 0.223. The van der Waals surface area contributed by atoms with Gasteiger partial charge in [0, 0.05) is 13.0 Å². The maximum absolute atomic E-state index is 11.6. The smallest absolute Gasteiger partial charge is 0.223 e. The Hall–Kier alpha value is -1.31. The predicted molar refractivity (Wildman–Crippen MR) is 60.5 cm³/mol. The third kappa shape index (κ3) is 2.04. The number of hydrogen-bond acceptors (Lipinski definition) is 1. The summed E-state index contributed by atoms with van der Waals surface area (Å²) >= 11 is 0. The summed E-state index contributed by atoms with van der Waals surface area (Å²) < 4.78 is 0. The van der Waals surface area contributed by atoms with E-state index in [0.29, 0.717) is 5.91 Å². The minimum Gasteiger partial charge on any atom is -0.336 e. The summed E-state index contributed by atoms with van der Waals surface area (Å²) in [5.74, 6) is 0.295. The topological polar surface area (TPSA) is 20.3 Å². The first-order valence-corrected chi connectivity index (χ1v) is 5.54. The molecule has 0 saturated carbocycles. The number of carbonyl (C=O) groups excluding carboxylic acids is 1. The SMILES string of the molecule is Cc1ccc(C(C)N2CCCC2=O)cc1. The molecule has 1 saturated heterocycles. The van der Waals surface area contributed by atoms with Crippen LogP contribution in [0.5, 0.6) is 0 Å². The molecule has 2 rings (SSSR count). The van der Waals surface area contributed by atoms with Crippen molar-refractivity contribution >= 4 is 5.91 Å². The third-order valence-corrected chi connectivity index (χ3v) is 3.14. The number of aryl methyl sites for hydroxylation is 1. The van der Waals surface area contributed by atoms with Crippen LogP contribution in [0, 0.1) is 6.92 Å². The normalized spacial score (nSPS) is 18.3. The fraction of sp³-hybridized carbons (Fsp3) is 0.462. The van der Waals surface area contributed by atoms with E-state index in [0.717, 1.165) is 19.4 Å². The van der Waals surface area contributed by atoms with Crippen LogP contribution in [-0.2, 0) is 4.79 Å². The number of rotatable bonds is 2. The van der Waals surface area contributed by atoms with Gasteiger partial charge >= 0.3 is 0 Å². The average Bonchev–Trinajstić information content (AvgIpc) is 2.65. The quantitative estimate of drug-likeness (QED) is 0.723. The zero-order chi connectivity index (χ0) is 10.8. The Morgan fingerprint density at radius 2 is 1.93 bits per heavy atom. The van der Waals surface area contributed by atoms with Crippen molar-refractivity contribution < 1.29 is 4.79 Å². The van der Waals surface area contributed by atoms with E-state index in [9.17, 15) is 4.79 Å². The molecule has 2 heteroatoms. The van der Waals surface area contributed by atoms with Crippen LogP contribution in [0.3, 0.4) is 0 Å². The lowest BCUT2D eigenvalue weighted by Crippen LogP contribution is -2.27. The van der Waals surface area contributed by atoms with Crippen LogP contribution in [-0.4, -0.2) is 17.4 Å². The van der Waals surface area contributed by atoms with Gasteiger partial charge in [0.25, 0.3) is 0 Å². The average molecular weight is 203 g/mol. The van der Waals surface area contributed by atoms with E-state index in [1.165, 1.54) is 11.1 Å². The molecule has 1 unspecified atom stereocenters. The molecule has 0 aliphatic carbocycles. The van der Waals surface area contributed by atoms with Gasteiger partial charge < -0.3 is 4.90 Å². The molecule has 0 spiro atoms. The first kappa shape index (κ1) is 10.2. The molecule has 80 valence electrons. The molecule has 2 nitrogen and oxygen atoms in total. The lowest BCUT2D eigenvalue weighted by Gasteiger charge is -2.24. The maximum atomic E-state index is 11.6. The van der Waals surface area contributed by atoms with E-state index < -0.39 is 0 Å². The lowest BCUT2D eigenvalue weighted by molar-refractivity contribution is -0.129. The van der Waals surface area contributed by atoms with Crippen LogP contribution in [0.15, 0.2) is 24.3 Å². The second kappa shape index (κ2) is 4.05. The van der Waals surface area contributed by atoms with Crippen LogP contribution in [0.2, 0.25) is 0 Å². The first-order chi connectivity index (χ1) is 7.18. The molecule has 1 amide bonds. The number of nitrogens with zero attached hydrogens (tertiary/aromatic N) is 1. The van der Waals surface area contributed by atoms with E-state index >= 15 is 0 Å². The monoisotopic (exact) mass is 203 g/mol. The molecule has 0 aromatic heterocycles. The summed E-state index contributed by atoms with van der Waals surface area (Å²) in [7, 11) is 0. The zero-order valence-electron chi connectivity index (χ0n) is 9.36. The molecule has 1 aromatic carbocycles. The molecule has 0 radical (unpaired) electrons. The van der Waals surface area contributed by atoms with E-state index in [2.05, 4.69) is 38.1 Å². The molecule has 1 aliphatic heterocycles. The van der Waals surface area contributed by atoms with E-state index in [1.807, 2.05) is 4.90 Å². The van der Waals surface area contributed by atoms with Gasteiger partial charge in [-0.05, 0) is 25.8 Å². The highest BCUT2D eigenvalue weighted by Gasteiger charge is 2.25. The van der Waals surface area contributed by atoms with Gasteiger partial charge in [-0.2, -0.15) is 0 Å². The Morgan fingerprint density at radius 1 is 1.27 bits per heavy atom. The lowest BCUT2D eigenvalue weighted by atomic mass is 10.1. The van der Waals surface area contributed by atoms with E-state index in [-0.39, 0.29) is 6.04 Å². The summed E-state index contributed by atoms with van der Waals surface area (Å²) in [6.07, 6.45) is 1.73. The minimum atomic E-state index is 0.223. The zero-order valence-corrected chi connectivity index (χ0v) is 9.36. The second-order valence-electron chi connectivity index (χ2n) is 4.28. The number of carbonyl (C=O) groups is 1. The van der Waals surface area contributed by atoms with Gasteiger partial charge in [0.05, 0.1) is 6.04 Å². The van der Waals surface area contributed by atoms with Crippen molar-refractivity contribution in [1.82, 2.24) is 4.90 Å². The summed E-state index contributed by atoms with van der Waals surface area (Å²) in [6.45, 7) is 5.09. The van der Waals surface area contributed by atoms with Crippen LogP contribution >= 0.6 is 0 Å². The Kier molecular flexibility index (Phi) is 2.76. The largest absolute Gasteiger partial charge is 0.336 e. The van der Waals surface area contributed by atoms with Crippen molar-refractivity contribution in [3.63, 3.8) is 0 Å². The third-order valence-electron chi connectivity index (χ3n) is 3.14. The van der Waals surface area contributed by atoms with Crippen molar-refractivity contribution in [2.24, 2.45) is 0 Å². The van der Waals surface area contributed by atoms with Gasteiger partial charge in [0.1, 0.15) is 0 Å². The summed E-state index contributed by atoms with van der Waals surface area (Å²) in [5.41, 5.74) is 2.49. The number of amides is 1. The molecule has 15 heavy (non-hydrogen) atoms. The Morgan fingerprint density at radius 3 is 2.47 bits per heavy atom. The van der Waals surface area contributed by atoms with Gasteiger partial charge in [-0.15, -0.1) is 0 Å². The van der Waals surface area contributed by atoms with Crippen LogP contribution in [0.25, 0.3) is 0 Å². The van der Waals surface area contributed by atoms with Crippen molar-refractivity contribution in [2.75, 3.05) is 6.54 Å². The maximum Gasteiger partial charge on any atom is 0.223 e.